The highest BCUT2D eigenvalue weighted by molar-refractivity contribution is 7.89. The van der Waals surface area contributed by atoms with E-state index < -0.39 is 15.6 Å². The highest BCUT2D eigenvalue weighted by atomic mass is 32.2. The second-order valence-electron chi connectivity index (χ2n) is 6.46. The Morgan fingerprint density at radius 1 is 1.24 bits per heavy atom. The number of piperidine rings is 1. The number of carbonyl (C=O) groups excluding carboxylic acids is 1. The highest BCUT2D eigenvalue weighted by Crippen LogP contribution is 2.34. The van der Waals surface area contributed by atoms with Gasteiger partial charge in [0.25, 0.3) is 0 Å². The molecular weight excluding hydrogens is 344 g/mol. The van der Waals surface area contributed by atoms with E-state index in [1.165, 1.54) is 22.5 Å². The Morgan fingerprint density at radius 3 is 2.52 bits per heavy atom. The largest absolute Gasteiger partial charge is 0.486 e. The molecule has 0 atom stereocenters. The average molecular weight is 366 g/mol. The Balaban J connectivity index is 1.74. The van der Waals surface area contributed by atoms with Gasteiger partial charge < -0.3 is 14.8 Å². The van der Waals surface area contributed by atoms with Crippen molar-refractivity contribution < 1.29 is 22.7 Å². The van der Waals surface area contributed by atoms with Gasteiger partial charge >= 0.3 is 0 Å². The number of benzene rings is 1. The molecule has 7 nitrogen and oxygen atoms in total. The number of ether oxygens (including phenoxy) is 2. The van der Waals surface area contributed by atoms with Gasteiger partial charge in [0.2, 0.25) is 15.9 Å². The van der Waals surface area contributed by atoms with Gasteiger partial charge in [0.15, 0.2) is 11.5 Å². The second kappa shape index (κ2) is 6.68. The zero-order valence-electron chi connectivity index (χ0n) is 14.2. The van der Waals surface area contributed by atoms with Crippen LogP contribution in [0.5, 0.6) is 11.5 Å². The quantitative estimate of drug-likeness (QED) is 0.812. The van der Waals surface area contributed by atoms with Crippen molar-refractivity contribution in [2.45, 2.75) is 30.2 Å². The van der Waals surface area contributed by atoms with Crippen LogP contribution in [0.1, 0.15) is 19.8 Å². The molecule has 0 spiro atoms. The molecule has 2 aliphatic heterocycles. The Bertz CT molecular complexity index is 782. The van der Waals surface area contributed by atoms with Crippen molar-refractivity contribution in [3.05, 3.63) is 30.9 Å². The number of hydrogen-bond donors (Lipinski definition) is 1. The van der Waals surface area contributed by atoms with Gasteiger partial charge in [-0.3, -0.25) is 4.79 Å². The third-order valence-corrected chi connectivity index (χ3v) is 6.48. The van der Waals surface area contributed by atoms with Crippen LogP contribution in [0.4, 0.5) is 0 Å². The van der Waals surface area contributed by atoms with Gasteiger partial charge in [-0.1, -0.05) is 6.58 Å². The molecule has 0 radical (unpaired) electrons. The predicted octanol–water partition coefficient (Wildman–Crippen LogP) is 1.30. The van der Waals surface area contributed by atoms with Crippen LogP contribution >= 0.6 is 0 Å². The zero-order valence-corrected chi connectivity index (χ0v) is 15.0. The molecule has 1 aromatic rings. The Morgan fingerprint density at radius 2 is 1.88 bits per heavy atom. The Labute approximate surface area is 147 Å². The van der Waals surface area contributed by atoms with Crippen LogP contribution in [0.15, 0.2) is 35.7 Å². The van der Waals surface area contributed by atoms with Gasteiger partial charge in [0.1, 0.15) is 13.2 Å². The van der Waals surface area contributed by atoms with E-state index in [0.29, 0.717) is 50.6 Å². The van der Waals surface area contributed by atoms with Gasteiger partial charge in [-0.15, -0.1) is 0 Å². The topological polar surface area (TPSA) is 84.9 Å². The number of hydrogen-bond acceptors (Lipinski definition) is 5. The minimum absolute atomic E-state index is 0.190. The van der Waals surface area contributed by atoms with Gasteiger partial charge in [-0.2, -0.15) is 4.31 Å². The van der Waals surface area contributed by atoms with Gasteiger partial charge in [0, 0.05) is 24.7 Å². The molecular formula is C17H22N2O5S. The molecule has 0 aliphatic carbocycles. The molecule has 3 rings (SSSR count). The fourth-order valence-corrected chi connectivity index (χ4v) is 4.48. The highest BCUT2D eigenvalue weighted by Gasteiger charge is 2.36. The van der Waals surface area contributed by atoms with Gasteiger partial charge in [0.05, 0.1) is 4.90 Å². The monoisotopic (exact) mass is 366 g/mol. The summed E-state index contributed by atoms with van der Waals surface area (Å²) in [5.74, 6) is 0.765. The van der Waals surface area contributed by atoms with Crippen molar-refractivity contribution in [2.75, 3.05) is 26.3 Å². The lowest BCUT2D eigenvalue weighted by Gasteiger charge is -2.39. The second-order valence-corrected chi connectivity index (χ2v) is 8.40. The fraction of sp³-hybridized carbons (Fsp3) is 0.471. The van der Waals surface area contributed by atoms with Gasteiger partial charge in [-0.25, -0.2) is 8.42 Å². The molecule has 1 N–H and O–H groups in total. The lowest BCUT2D eigenvalue weighted by Crippen LogP contribution is -2.53. The summed E-state index contributed by atoms with van der Waals surface area (Å²) in [6, 6.07) is 4.67. The van der Waals surface area contributed by atoms with Crippen LogP contribution in [-0.4, -0.2) is 50.5 Å². The third-order valence-electron chi connectivity index (χ3n) is 4.59. The minimum Gasteiger partial charge on any atom is -0.486 e. The maximum Gasteiger partial charge on any atom is 0.243 e. The van der Waals surface area contributed by atoms with Crippen molar-refractivity contribution in [3.63, 3.8) is 0 Å². The Hall–Kier alpha value is -2.06. The molecule has 8 heteroatoms. The van der Waals surface area contributed by atoms with Crippen LogP contribution in [0.25, 0.3) is 0 Å². The molecule has 1 fully saturated rings. The van der Waals surface area contributed by atoms with Crippen LogP contribution < -0.4 is 14.8 Å². The molecule has 0 unspecified atom stereocenters. The summed E-state index contributed by atoms with van der Waals surface area (Å²) in [4.78, 5) is 11.7. The summed E-state index contributed by atoms with van der Waals surface area (Å²) in [7, 11) is -3.61. The third kappa shape index (κ3) is 3.64. The summed E-state index contributed by atoms with van der Waals surface area (Å²) in [5, 5.41) is 2.88. The fourth-order valence-electron chi connectivity index (χ4n) is 3.03. The number of rotatable bonds is 4. The van der Waals surface area contributed by atoms with Crippen LogP contribution in [0.2, 0.25) is 0 Å². The number of nitrogens with zero attached hydrogens (tertiary/aromatic N) is 1. The van der Waals surface area contributed by atoms with E-state index in [1.54, 1.807) is 6.07 Å². The number of amides is 1. The molecule has 0 bridgehead atoms. The van der Waals surface area contributed by atoms with Crippen molar-refractivity contribution in [2.24, 2.45) is 0 Å². The van der Waals surface area contributed by atoms with E-state index in [9.17, 15) is 13.2 Å². The number of nitrogens with one attached hydrogen (secondary N) is 1. The van der Waals surface area contributed by atoms with E-state index in [4.69, 9.17) is 9.47 Å². The average Bonchev–Trinajstić information content (AvgIpc) is 2.61. The molecule has 136 valence electrons. The van der Waals surface area contributed by atoms with Crippen LogP contribution in [-0.2, 0) is 14.8 Å². The van der Waals surface area contributed by atoms with E-state index in [0.717, 1.165) is 0 Å². The minimum atomic E-state index is -3.61. The Kier molecular flexibility index (Phi) is 4.75. The van der Waals surface area contributed by atoms with Crippen molar-refractivity contribution in [3.8, 4) is 11.5 Å². The summed E-state index contributed by atoms with van der Waals surface area (Å²) < 4.78 is 38.1. The number of sulfonamides is 1. The van der Waals surface area contributed by atoms with Crippen molar-refractivity contribution >= 4 is 15.9 Å². The zero-order chi connectivity index (χ0) is 18.1. The predicted molar refractivity (Wildman–Crippen MR) is 92.2 cm³/mol. The lowest BCUT2D eigenvalue weighted by molar-refractivity contribution is -0.118. The first-order chi connectivity index (χ1) is 11.8. The maximum absolute atomic E-state index is 12.9. The first kappa shape index (κ1) is 17.8. The SMILES string of the molecule is C=CC(=O)NC1(C)CCN(S(=O)(=O)c2ccc3c(c2)OCCO3)CC1. The first-order valence-corrected chi connectivity index (χ1v) is 9.62. The summed E-state index contributed by atoms with van der Waals surface area (Å²) >= 11 is 0. The molecule has 1 amide bonds. The van der Waals surface area contributed by atoms with Crippen molar-refractivity contribution in [1.82, 2.24) is 9.62 Å². The number of fused-ring (bicyclic) bond motifs is 1. The molecule has 25 heavy (non-hydrogen) atoms. The smallest absolute Gasteiger partial charge is 0.243 e. The molecule has 1 aromatic carbocycles. The van der Waals surface area contributed by atoms with E-state index in [-0.39, 0.29) is 10.8 Å². The summed E-state index contributed by atoms with van der Waals surface area (Å²) in [6.45, 7) is 6.90. The molecule has 0 saturated carbocycles. The van der Waals surface area contributed by atoms with Gasteiger partial charge in [-0.05, 0) is 38.0 Å². The molecule has 1 saturated heterocycles. The van der Waals surface area contributed by atoms with E-state index in [2.05, 4.69) is 11.9 Å². The standard InChI is InChI=1S/C17H22N2O5S/c1-3-16(20)18-17(2)6-8-19(9-7-17)25(21,22)13-4-5-14-15(12-13)24-11-10-23-14/h3-5,12H,1,6-11H2,2H3,(H,18,20). The van der Waals surface area contributed by atoms with E-state index in [1.807, 2.05) is 6.92 Å². The molecule has 0 aromatic heterocycles. The van der Waals surface area contributed by atoms with E-state index >= 15 is 0 Å². The summed E-state index contributed by atoms with van der Waals surface area (Å²) in [5.41, 5.74) is -0.426. The van der Waals surface area contributed by atoms with Crippen molar-refractivity contribution in [1.29, 1.82) is 0 Å². The first-order valence-electron chi connectivity index (χ1n) is 8.18. The van der Waals surface area contributed by atoms with Crippen LogP contribution in [0.3, 0.4) is 0 Å². The normalized spacial score (nSPS) is 19.9. The lowest BCUT2D eigenvalue weighted by atomic mass is 9.90. The molecule has 2 heterocycles. The maximum atomic E-state index is 12.9. The number of carbonyl (C=O) groups is 1. The molecule has 2 aliphatic rings. The van der Waals surface area contributed by atoms with Crippen LogP contribution in [0, 0.1) is 0 Å². The summed E-state index contributed by atoms with van der Waals surface area (Å²) in [6.07, 6.45) is 2.30.